The largest absolute Gasteiger partial charge is 0.395 e. The predicted molar refractivity (Wildman–Crippen MR) is 86.0 cm³/mol. The summed E-state index contributed by atoms with van der Waals surface area (Å²) in [7, 11) is 0. The monoisotopic (exact) mass is 339 g/mol. The fourth-order valence-electron chi connectivity index (χ4n) is 2.03. The Bertz CT molecular complexity index is 239. The van der Waals surface area contributed by atoms with Gasteiger partial charge in [-0.3, -0.25) is 0 Å². The van der Waals surface area contributed by atoms with Gasteiger partial charge in [-0.05, 0) is 39.0 Å². The van der Waals surface area contributed by atoms with Crippen molar-refractivity contribution in [1.82, 2.24) is 16.0 Å². The number of hydrogen-bond donors (Lipinski definition) is 9. The van der Waals surface area contributed by atoms with E-state index < -0.39 is 24.3 Å². The lowest BCUT2D eigenvalue weighted by atomic mass is 10.2. The molecular weight excluding hydrogens is 306 g/mol. The summed E-state index contributed by atoms with van der Waals surface area (Å²) in [6, 6.07) is -1.03. The summed E-state index contributed by atoms with van der Waals surface area (Å²) < 4.78 is 0. The Morgan fingerprint density at radius 3 is 1.26 bits per heavy atom. The second-order valence-electron chi connectivity index (χ2n) is 5.44. The molecule has 0 heterocycles. The van der Waals surface area contributed by atoms with Gasteiger partial charge in [-0.15, -0.1) is 0 Å². The summed E-state index contributed by atoms with van der Waals surface area (Å²) in [5.74, 6) is 0. The average Bonchev–Trinajstić information content (AvgIpc) is 2.58. The van der Waals surface area contributed by atoms with Gasteiger partial charge in [0.15, 0.2) is 0 Å². The summed E-state index contributed by atoms with van der Waals surface area (Å²) in [6.45, 7) is 1.53. The Morgan fingerprint density at radius 2 is 0.957 bits per heavy atom. The average molecular weight is 339 g/mol. The van der Waals surface area contributed by atoms with Crippen LogP contribution in [0.4, 0.5) is 0 Å². The molecule has 0 radical (unpaired) electrons. The van der Waals surface area contributed by atoms with Crippen molar-refractivity contribution in [2.45, 2.75) is 37.1 Å². The Balaban J connectivity index is 3.49. The van der Waals surface area contributed by atoms with Crippen LogP contribution in [0.1, 0.15) is 12.8 Å². The van der Waals surface area contributed by atoms with Crippen molar-refractivity contribution in [2.24, 2.45) is 0 Å². The Morgan fingerprint density at radius 1 is 0.565 bits per heavy atom. The fourth-order valence-corrected chi connectivity index (χ4v) is 2.03. The maximum Gasteiger partial charge on any atom is 0.0945 e. The number of nitrogens with one attached hydrogen (secondary N) is 3. The molecule has 0 aliphatic heterocycles. The highest BCUT2D eigenvalue weighted by atomic mass is 16.3. The van der Waals surface area contributed by atoms with Gasteiger partial charge in [0.1, 0.15) is 0 Å². The van der Waals surface area contributed by atoms with Gasteiger partial charge in [0.2, 0.25) is 0 Å². The van der Waals surface area contributed by atoms with Crippen LogP contribution in [-0.2, 0) is 0 Å². The molecule has 0 saturated carbocycles. The SMILES string of the molecule is OC[C@@H](O)[C@@H](CO)NCCCNCCCN[C@H](CO)[C@H](O)CO. The highest BCUT2D eigenvalue weighted by Gasteiger charge is 2.16. The standard InChI is InChI=1S/C14H33N3O6/c18-7-11(13(22)9-20)16-5-1-3-15-4-2-6-17-12(8-19)14(23)10-21/h11-23H,1-10H2/t11-,12-,13-,14-/m1/s1. The lowest BCUT2D eigenvalue weighted by Crippen LogP contribution is -2.45. The van der Waals surface area contributed by atoms with E-state index in [4.69, 9.17) is 20.4 Å². The molecule has 9 N–H and O–H groups in total. The third-order valence-corrected chi connectivity index (χ3v) is 3.57. The molecule has 0 bridgehead atoms. The molecule has 0 aromatic heterocycles. The summed E-state index contributed by atoms with van der Waals surface area (Å²) in [5.41, 5.74) is 0. The van der Waals surface area contributed by atoms with Crippen molar-refractivity contribution in [2.75, 3.05) is 52.6 Å². The lowest BCUT2D eigenvalue weighted by Gasteiger charge is -2.21. The van der Waals surface area contributed by atoms with Crippen molar-refractivity contribution < 1.29 is 30.6 Å². The Labute approximate surface area is 137 Å². The molecule has 0 rings (SSSR count). The van der Waals surface area contributed by atoms with Gasteiger partial charge in [0.25, 0.3) is 0 Å². The van der Waals surface area contributed by atoms with Gasteiger partial charge in [0.05, 0.1) is 50.7 Å². The zero-order valence-corrected chi connectivity index (χ0v) is 13.6. The highest BCUT2D eigenvalue weighted by molar-refractivity contribution is 4.75. The molecule has 0 aliphatic rings. The molecule has 0 amide bonds. The van der Waals surface area contributed by atoms with E-state index in [0.717, 1.165) is 25.9 Å². The second kappa shape index (κ2) is 15.2. The Kier molecular flexibility index (Phi) is 14.9. The minimum atomic E-state index is -0.965. The molecule has 0 aliphatic carbocycles. The van der Waals surface area contributed by atoms with E-state index in [0.29, 0.717) is 13.1 Å². The molecule has 0 unspecified atom stereocenters. The van der Waals surface area contributed by atoms with Crippen molar-refractivity contribution in [3.63, 3.8) is 0 Å². The fraction of sp³-hybridized carbons (Fsp3) is 1.00. The summed E-state index contributed by atoms with van der Waals surface area (Å²) in [4.78, 5) is 0. The van der Waals surface area contributed by atoms with Crippen LogP contribution in [0.25, 0.3) is 0 Å². The van der Waals surface area contributed by atoms with Gasteiger partial charge in [-0.25, -0.2) is 0 Å². The molecule has 4 atom stereocenters. The van der Waals surface area contributed by atoms with E-state index in [1.807, 2.05) is 0 Å². The molecule has 0 aromatic rings. The number of hydrogen-bond acceptors (Lipinski definition) is 9. The maximum atomic E-state index is 9.39. The topological polar surface area (TPSA) is 157 Å². The normalized spacial score (nSPS) is 17.0. The van der Waals surface area contributed by atoms with E-state index in [-0.39, 0.29) is 26.4 Å². The smallest absolute Gasteiger partial charge is 0.0945 e. The molecule has 23 heavy (non-hydrogen) atoms. The maximum absolute atomic E-state index is 9.39. The first kappa shape index (κ1) is 22.6. The van der Waals surface area contributed by atoms with Crippen molar-refractivity contribution in [3.05, 3.63) is 0 Å². The number of aliphatic hydroxyl groups is 6. The van der Waals surface area contributed by atoms with Crippen LogP contribution >= 0.6 is 0 Å². The van der Waals surface area contributed by atoms with Crippen molar-refractivity contribution >= 4 is 0 Å². The molecule has 0 saturated heterocycles. The van der Waals surface area contributed by atoms with Gasteiger partial charge in [0, 0.05) is 0 Å². The quantitative estimate of drug-likeness (QED) is 0.128. The van der Waals surface area contributed by atoms with E-state index >= 15 is 0 Å². The van der Waals surface area contributed by atoms with Crippen LogP contribution in [0.3, 0.4) is 0 Å². The van der Waals surface area contributed by atoms with Gasteiger partial charge in [-0.1, -0.05) is 0 Å². The Hall–Kier alpha value is -0.360. The molecule has 9 nitrogen and oxygen atoms in total. The minimum Gasteiger partial charge on any atom is -0.395 e. The van der Waals surface area contributed by atoms with Crippen LogP contribution in [0.2, 0.25) is 0 Å². The zero-order chi connectivity index (χ0) is 17.5. The zero-order valence-electron chi connectivity index (χ0n) is 13.6. The predicted octanol–water partition coefficient (Wildman–Crippen LogP) is -4.04. The van der Waals surface area contributed by atoms with E-state index in [1.165, 1.54) is 0 Å². The third-order valence-electron chi connectivity index (χ3n) is 3.57. The summed E-state index contributed by atoms with van der Waals surface area (Å²) in [6.07, 6.45) is -0.310. The summed E-state index contributed by atoms with van der Waals surface area (Å²) >= 11 is 0. The first-order valence-electron chi connectivity index (χ1n) is 8.07. The minimum absolute atomic E-state index is 0.230. The molecule has 0 fully saturated rings. The molecule has 140 valence electrons. The van der Waals surface area contributed by atoms with Crippen LogP contribution in [-0.4, -0.2) is 108 Å². The van der Waals surface area contributed by atoms with Gasteiger partial charge in [-0.2, -0.15) is 0 Å². The third kappa shape index (κ3) is 10.9. The number of aliphatic hydroxyl groups excluding tert-OH is 6. The molecular formula is C14H33N3O6. The van der Waals surface area contributed by atoms with E-state index in [2.05, 4.69) is 16.0 Å². The first-order valence-corrected chi connectivity index (χ1v) is 8.07. The van der Waals surface area contributed by atoms with E-state index in [9.17, 15) is 10.2 Å². The van der Waals surface area contributed by atoms with Crippen LogP contribution in [0.15, 0.2) is 0 Å². The molecule has 9 heteroatoms. The van der Waals surface area contributed by atoms with Crippen molar-refractivity contribution in [1.29, 1.82) is 0 Å². The van der Waals surface area contributed by atoms with Crippen LogP contribution in [0, 0.1) is 0 Å². The van der Waals surface area contributed by atoms with Crippen LogP contribution in [0.5, 0.6) is 0 Å². The van der Waals surface area contributed by atoms with Crippen molar-refractivity contribution in [3.8, 4) is 0 Å². The van der Waals surface area contributed by atoms with Crippen LogP contribution < -0.4 is 16.0 Å². The second-order valence-corrected chi connectivity index (χ2v) is 5.44. The lowest BCUT2D eigenvalue weighted by molar-refractivity contribution is 0.0416. The van der Waals surface area contributed by atoms with E-state index in [1.54, 1.807) is 0 Å². The first-order chi connectivity index (χ1) is 11.1. The molecule has 0 aromatic carbocycles. The van der Waals surface area contributed by atoms with Gasteiger partial charge < -0.3 is 46.6 Å². The summed E-state index contributed by atoms with van der Waals surface area (Å²) in [5, 5.41) is 63.6. The van der Waals surface area contributed by atoms with Gasteiger partial charge >= 0.3 is 0 Å². The molecule has 0 spiro atoms. The highest BCUT2D eigenvalue weighted by Crippen LogP contribution is 1.93. The number of rotatable bonds is 16.